The lowest BCUT2D eigenvalue weighted by Gasteiger charge is -2.31. The van der Waals surface area contributed by atoms with Gasteiger partial charge in [0, 0.05) is 17.5 Å². The minimum atomic E-state index is -0.318. The van der Waals surface area contributed by atoms with Crippen LogP contribution >= 0.6 is 0 Å². The summed E-state index contributed by atoms with van der Waals surface area (Å²) in [6, 6.07) is -0.0415. The van der Waals surface area contributed by atoms with Crippen molar-refractivity contribution in [3.63, 3.8) is 0 Å². The molecule has 0 saturated carbocycles. The SMILES string of the molecule is CC(C)C(=O)NC(C)(C)C(C)N. The molecule has 0 fully saturated rings. The highest BCUT2D eigenvalue weighted by atomic mass is 16.2. The molecular weight excluding hydrogens is 152 g/mol. The van der Waals surface area contributed by atoms with Crippen molar-refractivity contribution in [3.05, 3.63) is 0 Å². The first kappa shape index (κ1) is 11.4. The number of amides is 1. The molecule has 1 atom stereocenters. The normalized spacial score (nSPS) is 14.6. The van der Waals surface area contributed by atoms with Crippen LogP contribution in [0.25, 0.3) is 0 Å². The van der Waals surface area contributed by atoms with Gasteiger partial charge >= 0.3 is 0 Å². The fourth-order valence-corrected chi connectivity index (χ4v) is 0.576. The molecule has 0 rings (SSSR count). The summed E-state index contributed by atoms with van der Waals surface area (Å²) < 4.78 is 0. The van der Waals surface area contributed by atoms with Crippen molar-refractivity contribution in [2.24, 2.45) is 11.7 Å². The maximum Gasteiger partial charge on any atom is 0.223 e. The molecule has 0 radical (unpaired) electrons. The van der Waals surface area contributed by atoms with Crippen LogP contribution in [0.5, 0.6) is 0 Å². The maximum absolute atomic E-state index is 11.3. The smallest absolute Gasteiger partial charge is 0.223 e. The Morgan fingerprint density at radius 2 is 1.75 bits per heavy atom. The molecule has 1 unspecified atom stereocenters. The van der Waals surface area contributed by atoms with Crippen molar-refractivity contribution < 1.29 is 4.79 Å². The lowest BCUT2D eigenvalue weighted by atomic mass is 9.96. The fourth-order valence-electron chi connectivity index (χ4n) is 0.576. The monoisotopic (exact) mass is 172 g/mol. The second kappa shape index (κ2) is 3.90. The van der Waals surface area contributed by atoms with Crippen molar-refractivity contribution in [2.75, 3.05) is 0 Å². The van der Waals surface area contributed by atoms with E-state index >= 15 is 0 Å². The molecule has 0 saturated heterocycles. The van der Waals surface area contributed by atoms with Gasteiger partial charge in [0.05, 0.1) is 0 Å². The quantitative estimate of drug-likeness (QED) is 0.664. The average molecular weight is 172 g/mol. The Balaban J connectivity index is 4.15. The zero-order chi connectivity index (χ0) is 9.94. The molecular formula is C9H20N2O. The molecule has 0 aliphatic rings. The summed E-state index contributed by atoms with van der Waals surface area (Å²) in [5, 5.41) is 2.89. The predicted molar refractivity (Wildman–Crippen MR) is 50.7 cm³/mol. The van der Waals surface area contributed by atoms with Crippen molar-refractivity contribution in [1.29, 1.82) is 0 Å². The van der Waals surface area contributed by atoms with Crippen LogP contribution in [0.2, 0.25) is 0 Å². The van der Waals surface area contributed by atoms with Crippen molar-refractivity contribution >= 4 is 5.91 Å². The largest absolute Gasteiger partial charge is 0.349 e. The van der Waals surface area contributed by atoms with Gasteiger partial charge in [-0.2, -0.15) is 0 Å². The maximum atomic E-state index is 11.3. The third kappa shape index (κ3) is 3.22. The van der Waals surface area contributed by atoms with Gasteiger partial charge in [-0.15, -0.1) is 0 Å². The molecule has 0 aromatic rings. The fraction of sp³-hybridized carbons (Fsp3) is 0.889. The van der Waals surface area contributed by atoms with E-state index in [2.05, 4.69) is 5.32 Å². The van der Waals surface area contributed by atoms with E-state index in [1.807, 2.05) is 34.6 Å². The molecule has 3 nitrogen and oxygen atoms in total. The van der Waals surface area contributed by atoms with Crippen LogP contribution in [0, 0.1) is 5.92 Å². The highest BCUT2D eigenvalue weighted by molar-refractivity contribution is 5.78. The Bertz CT molecular complexity index is 162. The molecule has 72 valence electrons. The molecule has 0 aromatic carbocycles. The number of rotatable bonds is 3. The summed E-state index contributed by atoms with van der Waals surface area (Å²) in [5.41, 5.74) is 5.39. The zero-order valence-electron chi connectivity index (χ0n) is 8.64. The van der Waals surface area contributed by atoms with Crippen LogP contribution in [0.4, 0.5) is 0 Å². The molecule has 0 spiro atoms. The summed E-state index contributed by atoms with van der Waals surface area (Å²) in [7, 11) is 0. The van der Waals surface area contributed by atoms with E-state index in [1.165, 1.54) is 0 Å². The Labute approximate surface area is 74.7 Å². The second-order valence-corrected chi connectivity index (χ2v) is 4.15. The predicted octanol–water partition coefficient (Wildman–Crippen LogP) is 0.884. The number of hydrogen-bond donors (Lipinski definition) is 2. The van der Waals surface area contributed by atoms with E-state index in [1.54, 1.807) is 0 Å². The lowest BCUT2D eigenvalue weighted by Crippen LogP contribution is -2.55. The molecule has 0 aliphatic carbocycles. The van der Waals surface area contributed by atoms with Crippen molar-refractivity contribution in [2.45, 2.75) is 46.2 Å². The third-order valence-electron chi connectivity index (χ3n) is 2.11. The summed E-state index contributed by atoms with van der Waals surface area (Å²) in [6.07, 6.45) is 0. The average Bonchev–Trinajstić information content (AvgIpc) is 1.85. The Morgan fingerprint density at radius 1 is 1.33 bits per heavy atom. The number of hydrogen-bond acceptors (Lipinski definition) is 2. The van der Waals surface area contributed by atoms with Gasteiger partial charge in [-0.3, -0.25) is 4.79 Å². The minimum Gasteiger partial charge on any atom is -0.349 e. The van der Waals surface area contributed by atoms with Gasteiger partial charge in [0.1, 0.15) is 0 Å². The summed E-state index contributed by atoms with van der Waals surface area (Å²) >= 11 is 0. The van der Waals surface area contributed by atoms with Crippen LogP contribution < -0.4 is 11.1 Å². The Morgan fingerprint density at radius 3 is 2.00 bits per heavy atom. The number of nitrogens with two attached hydrogens (primary N) is 1. The molecule has 3 heteroatoms. The molecule has 0 bridgehead atoms. The highest BCUT2D eigenvalue weighted by Crippen LogP contribution is 2.07. The van der Waals surface area contributed by atoms with Gasteiger partial charge in [0.15, 0.2) is 0 Å². The van der Waals surface area contributed by atoms with E-state index < -0.39 is 0 Å². The van der Waals surface area contributed by atoms with E-state index in [0.717, 1.165) is 0 Å². The summed E-state index contributed by atoms with van der Waals surface area (Å²) in [4.78, 5) is 11.3. The van der Waals surface area contributed by atoms with Crippen LogP contribution in [0.1, 0.15) is 34.6 Å². The van der Waals surface area contributed by atoms with E-state index in [0.29, 0.717) is 0 Å². The van der Waals surface area contributed by atoms with Gasteiger partial charge in [-0.1, -0.05) is 13.8 Å². The van der Waals surface area contributed by atoms with Crippen LogP contribution in [-0.2, 0) is 4.79 Å². The highest BCUT2D eigenvalue weighted by Gasteiger charge is 2.25. The minimum absolute atomic E-state index is 0.0167. The molecule has 0 aliphatic heterocycles. The van der Waals surface area contributed by atoms with Crippen LogP contribution in [0.15, 0.2) is 0 Å². The van der Waals surface area contributed by atoms with E-state index in [-0.39, 0.29) is 23.4 Å². The van der Waals surface area contributed by atoms with Gasteiger partial charge in [0.2, 0.25) is 5.91 Å². The van der Waals surface area contributed by atoms with Gasteiger partial charge in [-0.05, 0) is 20.8 Å². The third-order valence-corrected chi connectivity index (χ3v) is 2.11. The molecule has 0 heterocycles. The number of nitrogens with one attached hydrogen (secondary N) is 1. The van der Waals surface area contributed by atoms with Crippen molar-refractivity contribution in [1.82, 2.24) is 5.32 Å². The Hall–Kier alpha value is -0.570. The Kier molecular flexibility index (Phi) is 3.71. The number of carbonyl (C=O) groups is 1. The summed E-state index contributed by atoms with van der Waals surface area (Å²) in [5.74, 6) is 0.0697. The second-order valence-electron chi connectivity index (χ2n) is 4.15. The molecule has 3 N–H and O–H groups in total. The van der Waals surface area contributed by atoms with Crippen LogP contribution in [0.3, 0.4) is 0 Å². The van der Waals surface area contributed by atoms with Crippen molar-refractivity contribution in [3.8, 4) is 0 Å². The topological polar surface area (TPSA) is 55.1 Å². The molecule has 0 aromatic heterocycles. The molecule has 12 heavy (non-hydrogen) atoms. The first-order valence-electron chi connectivity index (χ1n) is 4.35. The van der Waals surface area contributed by atoms with E-state index in [9.17, 15) is 4.79 Å². The summed E-state index contributed by atoms with van der Waals surface area (Å²) in [6.45, 7) is 9.48. The number of carbonyl (C=O) groups excluding carboxylic acids is 1. The van der Waals surface area contributed by atoms with Gasteiger partial charge in [0.25, 0.3) is 0 Å². The zero-order valence-corrected chi connectivity index (χ0v) is 8.64. The van der Waals surface area contributed by atoms with Gasteiger partial charge in [-0.25, -0.2) is 0 Å². The van der Waals surface area contributed by atoms with Gasteiger partial charge < -0.3 is 11.1 Å². The standard InChI is InChI=1S/C9H20N2O/c1-6(2)8(12)11-9(4,5)7(3)10/h6-7H,10H2,1-5H3,(H,11,12). The van der Waals surface area contributed by atoms with E-state index in [4.69, 9.17) is 5.73 Å². The lowest BCUT2D eigenvalue weighted by molar-refractivity contribution is -0.125. The first-order chi connectivity index (χ1) is 5.27. The van der Waals surface area contributed by atoms with Crippen LogP contribution in [-0.4, -0.2) is 17.5 Å². The first-order valence-corrected chi connectivity index (χ1v) is 4.35. The molecule has 1 amide bonds.